The van der Waals surface area contributed by atoms with Gasteiger partial charge in [-0.3, -0.25) is 4.57 Å². The maximum absolute atomic E-state index is 8.89. The number of rotatable bonds is 1. The molecule has 0 aliphatic rings. The average molecular weight is 233 g/mol. The molecule has 0 aliphatic carbocycles. The molecule has 0 saturated heterocycles. The van der Waals surface area contributed by atoms with Crippen molar-refractivity contribution >= 4 is 11.0 Å². The molecule has 0 N–H and O–H groups in total. The normalized spacial score (nSPS) is 10.4. The maximum Gasteiger partial charge on any atom is 0.100 e. The summed E-state index contributed by atoms with van der Waals surface area (Å²) in [5, 5.41) is 8.89. The Labute approximate surface area is 105 Å². The van der Waals surface area contributed by atoms with Gasteiger partial charge in [-0.05, 0) is 42.8 Å². The molecule has 3 rings (SSSR count). The molecule has 0 spiro atoms. The molecule has 0 radical (unpaired) electrons. The number of hydrogen-bond acceptors (Lipinski definition) is 2. The van der Waals surface area contributed by atoms with Crippen molar-refractivity contribution in [3.8, 4) is 11.8 Å². The van der Waals surface area contributed by atoms with Gasteiger partial charge in [0, 0.05) is 0 Å². The summed E-state index contributed by atoms with van der Waals surface area (Å²) in [4.78, 5) is 4.38. The predicted octanol–water partition coefficient (Wildman–Crippen LogP) is 3.21. The van der Waals surface area contributed by atoms with Gasteiger partial charge in [-0.2, -0.15) is 5.26 Å². The highest BCUT2D eigenvalue weighted by atomic mass is 15.0. The van der Waals surface area contributed by atoms with Crippen LogP contribution in [0.5, 0.6) is 0 Å². The Morgan fingerprint density at radius 3 is 2.78 bits per heavy atom. The van der Waals surface area contributed by atoms with Crippen molar-refractivity contribution in [3.63, 3.8) is 0 Å². The molecule has 86 valence electrons. The van der Waals surface area contributed by atoms with Crippen LogP contribution in [0.2, 0.25) is 0 Å². The quantitative estimate of drug-likeness (QED) is 0.647. The van der Waals surface area contributed by atoms with E-state index in [2.05, 4.69) is 11.1 Å². The lowest BCUT2D eigenvalue weighted by atomic mass is 10.1. The van der Waals surface area contributed by atoms with E-state index in [-0.39, 0.29) is 0 Å². The number of nitrogens with zero attached hydrogens (tertiary/aromatic N) is 3. The molecule has 0 saturated carbocycles. The van der Waals surface area contributed by atoms with Crippen LogP contribution in [0.15, 0.2) is 48.8 Å². The van der Waals surface area contributed by atoms with Gasteiger partial charge in [0.05, 0.1) is 28.4 Å². The van der Waals surface area contributed by atoms with Crippen molar-refractivity contribution < 1.29 is 0 Å². The molecule has 0 bridgehead atoms. The summed E-state index contributed by atoms with van der Waals surface area (Å²) in [5.41, 5.74) is 4.85. The first kappa shape index (κ1) is 10.5. The first-order valence-corrected chi connectivity index (χ1v) is 5.73. The van der Waals surface area contributed by atoms with E-state index in [1.54, 1.807) is 0 Å². The fraction of sp³-hybridized carbons (Fsp3) is 0.0667. The van der Waals surface area contributed by atoms with Gasteiger partial charge in [-0.15, -0.1) is 0 Å². The van der Waals surface area contributed by atoms with Crippen LogP contribution in [0.1, 0.15) is 11.1 Å². The molecule has 3 heteroatoms. The largest absolute Gasteiger partial charge is 0.299 e. The number of para-hydroxylation sites is 2. The number of fused-ring (bicyclic) bond motifs is 1. The third kappa shape index (κ3) is 1.56. The Bertz CT molecular complexity index is 763. The van der Waals surface area contributed by atoms with Crippen molar-refractivity contribution in [1.82, 2.24) is 9.55 Å². The molecule has 1 aromatic heterocycles. The second-order valence-corrected chi connectivity index (χ2v) is 4.22. The molecule has 3 aromatic rings. The molecule has 0 fully saturated rings. The summed E-state index contributed by atoms with van der Waals surface area (Å²) < 4.78 is 2.05. The molecule has 1 heterocycles. The number of benzene rings is 2. The lowest BCUT2D eigenvalue weighted by Crippen LogP contribution is -1.95. The number of hydrogen-bond donors (Lipinski definition) is 0. The van der Waals surface area contributed by atoms with Crippen LogP contribution in [0.3, 0.4) is 0 Å². The van der Waals surface area contributed by atoms with Gasteiger partial charge in [-0.1, -0.05) is 12.1 Å². The SMILES string of the molecule is Cc1cc(C#N)ccc1-n1cnc2ccccc21. The Morgan fingerprint density at radius 1 is 1.17 bits per heavy atom. The standard InChI is InChI=1S/C15H11N3/c1-11-8-12(9-16)6-7-14(11)18-10-17-13-4-2-3-5-15(13)18/h2-8,10H,1H3. The van der Waals surface area contributed by atoms with Gasteiger partial charge in [0.25, 0.3) is 0 Å². The zero-order valence-corrected chi connectivity index (χ0v) is 9.96. The monoisotopic (exact) mass is 233 g/mol. The highest BCUT2D eigenvalue weighted by Crippen LogP contribution is 2.21. The predicted molar refractivity (Wildman–Crippen MR) is 70.5 cm³/mol. The highest BCUT2D eigenvalue weighted by Gasteiger charge is 2.06. The van der Waals surface area contributed by atoms with E-state index in [0.717, 1.165) is 22.3 Å². The van der Waals surface area contributed by atoms with E-state index >= 15 is 0 Å². The lowest BCUT2D eigenvalue weighted by molar-refractivity contribution is 1.07. The van der Waals surface area contributed by atoms with E-state index in [1.165, 1.54) is 0 Å². The fourth-order valence-corrected chi connectivity index (χ4v) is 2.15. The van der Waals surface area contributed by atoms with Crippen molar-refractivity contribution in [2.45, 2.75) is 6.92 Å². The minimum absolute atomic E-state index is 0.681. The molecule has 3 nitrogen and oxygen atoms in total. The topological polar surface area (TPSA) is 41.6 Å². The lowest BCUT2D eigenvalue weighted by Gasteiger charge is -2.08. The van der Waals surface area contributed by atoms with Crippen LogP contribution in [-0.4, -0.2) is 9.55 Å². The van der Waals surface area contributed by atoms with Crippen LogP contribution in [0, 0.1) is 18.3 Å². The highest BCUT2D eigenvalue weighted by molar-refractivity contribution is 5.77. The van der Waals surface area contributed by atoms with Crippen LogP contribution in [-0.2, 0) is 0 Å². The fourth-order valence-electron chi connectivity index (χ4n) is 2.15. The Hall–Kier alpha value is -2.60. The minimum Gasteiger partial charge on any atom is -0.299 e. The molecule has 0 atom stereocenters. The third-order valence-electron chi connectivity index (χ3n) is 3.04. The molecule has 2 aromatic carbocycles. The third-order valence-corrected chi connectivity index (χ3v) is 3.04. The van der Waals surface area contributed by atoms with E-state index in [9.17, 15) is 0 Å². The Morgan fingerprint density at radius 2 is 2.00 bits per heavy atom. The zero-order valence-electron chi connectivity index (χ0n) is 9.96. The van der Waals surface area contributed by atoms with Gasteiger partial charge in [0.15, 0.2) is 0 Å². The Balaban J connectivity index is 2.24. The summed E-state index contributed by atoms with van der Waals surface area (Å²) in [6.45, 7) is 2.00. The second kappa shape index (κ2) is 4.01. The van der Waals surface area contributed by atoms with Gasteiger partial charge >= 0.3 is 0 Å². The van der Waals surface area contributed by atoms with E-state index in [4.69, 9.17) is 5.26 Å². The first-order valence-electron chi connectivity index (χ1n) is 5.73. The summed E-state index contributed by atoms with van der Waals surface area (Å²) in [5.74, 6) is 0. The number of aromatic nitrogens is 2. The molecule has 0 unspecified atom stereocenters. The summed E-state index contributed by atoms with van der Waals surface area (Å²) in [7, 11) is 0. The van der Waals surface area contributed by atoms with Crippen molar-refractivity contribution in [3.05, 3.63) is 59.9 Å². The van der Waals surface area contributed by atoms with Crippen molar-refractivity contribution in [2.75, 3.05) is 0 Å². The summed E-state index contributed by atoms with van der Waals surface area (Å²) in [6.07, 6.45) is 1.82. The van der Waals surface area contributed by atoms with Crippen LogP contribution in [0.4, 0.5) is 0 Å². The van der Waals surface area contributed by atoms with Crippen molar-refractivity contribution in [2.24, 2.45) is 0 Å². The Kier molecular flexibility index (Phi) is 2.35. The van der Waals surface area contributed by atoms with Gasteiger partial charge in [0.1, 0.15) is 6.33 Å². The van der Waals surface area contributed by atoms with Crippen LogP contribution >= 0.6 is 0 Å². The van der Waals surface area contributed by atoms with Gasteiger partial charge in [-0.25, -0.2) is 4.98 Å². The molecule has 18 heavy (non-hydrogen) atoms. The average Bonchev–Trinajstić information content (AvgIpc) is 2.82. The first-order chi connectivity index (χ1) is 8.79. The van der Waals surface area contributed by atoms with Crippen LogP contribution < -0.4 is 0 Å². The summed E-state index contributed by atoms with van der Waals surface area (Å²) in [6, 6.07) is 15.8. The zero-order chi connectivity index (χ0) is 12.5. The van der Waals surface area contributed by atoms with E-state index in [1.807, 2.05) is 60.3 Å². The smallest absolute Gasteiger partial charge is 0.100 e. The van der Waals surface area contributed by atoms with Crippen LogP contribution in [0.25, 0.3) is 16.7 Å². The molecule has 0 aliphatic heterocycles. The molecular formula is C15H11N3. The van der Waals surface area contributed by atoms with E-state index in [0.29, 0.717) is 5.56 Å². The molecule has 0 amide bonds. The van der Waals surface area contributed by atoms with Gasteiger partial charge in [0.2, 0.25) is 0 Å². The second-order valence-electron chi connectivity index (χ2n) is 4.22. The van der Waals surface area contributed by atoms with E-state index < -0.39 is 0 Å². The minimum atomic E-state index is 0.681. The maximum atomic E-state index is 8.89. The summed E-state index contributed by atoms with van der Waals surface area (Å²) >= 11 is 0. The van der Waals surface area contributed by atoms with Gasteiger partial charge < -0.3 is 0 Å². The number of imidazole rings is 1. The molecular weight excluding hydrogens is 222 g/mol. The number of nitriles is 1. The van der Waals surface area contributed by atoms with Crippen molar-refractivity contribution in [1.29, 1.82) is 5.26 Å². The number of aryl methyl sites for hydroxylation is 1.